The SMILES string of the molecule is CCc1nnc(C)cc1C(Cc1cc(Cl)ccc1Cl)NC. The minimum atomic E-state index is 0.130. The molecule has 1 heterocycles. The molecule has 0 aliphatic carbocycles. The van der Waals surface area contributed by atoms with Crippen molar-refractivity contribution in [2.75, 3.05) is 7.05 Å². The van der Waals surface area contributed by atoms with Crippen LogP contribution in [0, 0.1) is 6.92 Å². The molecular formula is C16H19Cl2N3. The van der Waals surface area contributed by atoms with Crippen LogP contribution in [0.25, 0.3) is 0 Å². The molecule has 0 bridgehead atoms. The Morgan fingerprint density at radius 2 is 1.95 bits per heavy atom. The highest BCUT2D eigenvalue weighted by Gasteiger charge is 2.17. The van der Waals surface area contributed by atoms with Gasteiger partial charge in [0.25, 0.3) is 0 Å². The lowest BCUT2D eigenvalue weighted by molar-refractivity contribution is 0.579. The Kier molecular flexibility index (Phi) is 5.57. The molecule has 0 saturated carbocycles. The third kappa shape index (κ3) is 3.94. The summed E-state index contributed by atoms with van der Waals surface area (Å²) in [6.07, 6.45) is 1.61. The van der Waals surface area contributed by atoms with E-state index < -0.39 is 0 Å². The van der Waals surface area contributed by atoms with E-state index in [-0.39, 0.29) is 6.04 Å². The lowest BCUT2D eigenvalue weighted by atomic mass is 9.96. The van der Waals surface area contributed by atoms with E-state index in [1.165, 1.54) is 5.56 Å². The zero-order valence-corrected chi connectivity index (χ0v) is 14.0. The molecule has 0 amide bonds. The first-order valence-corrected chi connectivity index (χ1v) is 7.75. The summed E-state index contributed by atoms with van der Waals surface area (Å²) in [6.45, 7) is 4.04. The maximum absolute atomic E-state index is 6.28. The Morgan fingerprint density at radius 3 is 2.62 bits per heavy atom. The van der Waals surface area contributed by atoms with E-state index in [1.807, 2.05) is 26.1 Å². The Labute approximate surface area is 135 Å². The second-order valence-electron chi connectivity index (χ2n) is 5.02. The number of hydrogen-bond donors (Lipinski definition) is 1. The number of aryl methyl sites for hydroxylation is 2. The van der Waals surface area contributed by atoms with E-state index in [9.17, 15) is 0 Å². The number of halogens is 2. The van der Waals surface area contributed by atoms with Crippen LogP contribution in [-0.2, 0) is 12.8 Å². The van der Waals surface area contributed by atoms with Crippen molar-refractivity contribution in [2.45, 2.75) is 32.7 Å². The summed E-state index contributed by atoms with van der Waals surface area (Å²) in [4.78, 5) is 0. The molecule has 112 valence electrons. The fourth-order valence-corrected chi connectivity index (χ4v) is 2.79. The molecule has 1 aromatic carbocycles. The van der Waals surface area contributed by atoms with Crippen molar-refractivity contribution in [1.29, 1.82) is 0 Å². The quantitative estimate of drug-likeness (QED) is 0.897. The zero-order valence-electron chi connectivity index (χ0n) is 12.5. The minimum Gasteiger partial charge on any atom is -0.313 e. The number of nitrogens with one attached hydrogen (secondary N) is 1. The third-order valence-corrected chi connectivity index (χ3v) is 4.12. The maximum Gasteiger partial charge on any atom is 0.0676 e. The van der Waals surface area contributed by atoms with Crippen molar-refractivity contribution >= 4 is 23.2 Å². The lowest BCUT2D eigenvalue weighted by Gasteiger charge is -2.20. The fraction of sp³-hybridized carbons (Fsp3) is 0.375. The lowest BCUT2D eigenvalue weighted by Crippen LogP contribution is -2.21. The van der Waals surface area contributed by atoms with Gasteiger partial charge in [-0.1, -0.05) is 30.1 Å². The average molecular weight is 324 g/mol. The Balaban J connectivity index is 2.36. The van der Waals surface area contributed by atoms with Gasteiger partial charge in [0.1, 0.15) is 0 Å². The summed E-state index contributed by atoms with van der Waals surface area (Å²) in [5, 5.41) is 13.2. The molecule has 0 aliphatic rings. The van der Waals surface area contributed by atoms with E-state index in [1.54, 1.807) is 6.07 Å². The van der Waals surface area contributed by atoms with Gasteiger partial charge >= 0.3 is 0 Å². The topological polar surface area (TPSA) is 37.8 Å². The van der Waals surface area contributed by atoms with Crippen LogP contribution in [0.3, 0.4) is 0 Å². The predicted molar refractivity (Wildman–Crippen MR) is 88.1 cm³/mol. The second kappa shape index (κ2) is 7.21. The molecule has 0 spiro atoms. The largest absolute Gasteiger partial charge is 0.313 e. The van der Waals surface area contributed by atoms with Crippen molar-refractivity contribution in [1.82, 2.24) is 15.5 Å². The van der Waals surface area contributed by atoms with E-state index in [0.717, 1.165) is 34.8 Å². The van der Waals surface area contributed by atoms with Gasteiger partial charge in [-0.3, -0.25) is 0 Å². The van der Waals surface area contributed by atoms with Crippen molar-refractivity contribution in [2.24, 2.45) is 0 Å². The van der Waals surface area contributed by atoms with Crippen LogP contribution in [0.2, 0.25) is 10.0 Å². The van der Waals surface area contributed by atoms with Gasteiger partial charge in [-0.25, -0.2) is 0 Å². The van der Waals surface area contributed by atoms with Crippen molar-refractivity contribution < 1.29 is 0 Å². The Morgan fingerprint density at radius 1 is 1.19 bits per heavy atom. The van der Waals surface area contributed by atoms with Gasteiger partial charge in [-0.15, -0.1) is 0 Å². The first kappa shape index (κ1) is 16.2. The first-order chi connectivity index (χ1) is 10.0. The van der Waals surface area contributed by atoms with Gasteiger partial charge in [0, 0.05) is 16.1 Å². The van der Waals surface area contributed by atoms with Gasteiger partial charge in [-0.05, 0) is 62.2 Å². The normalized spacial score (nSPS) is 12.4. The van der Waals surface area contributed by atoms with Gasteiger partial charge in [0.05, 0.1) is 11.4 Å². The van der Waals surface area contributed by atoms with Gasteiger partial charge < -0.3 is 5.32 Å². The molecule has 3 nitrogen and oxygen atoms in total. The summed E-state index contributed by atoms with van der Waals surface area (Å²) in [5.74, 6) is 0. The number of rotatable bonds is 5. The Hall–Kier alpha value is -1.16. The molecule has 21 heavy (non-hydrogen) atoms. The summed E-state index contributed by atoms with van der Waals surface area (Å²) in [5.41, 5.74) is 4.13. The van der Waals surface area contributed by atoms with Gasteiger partial charge in [-0.2, -0.15) is 10.2 Å². The minimum absolute atomic E-state index is 0.130. The third-order valence-electron chi connectivity index (χ3n) is 3.52. The van der Waals surface area contributed by atoms with Crippen LogP contribution in [0.1, 0.15) is 35.5 Å². The second-order valence-corrected chi connectivity index (χ2v) is 5.87. The van der Waals surface area contributed by atoms with E-state index in [2.05, 4.69) is 28.5 Å². The van der Waals surface area contributed by atoms with Crippen LogP contribution >= 0.6 is 23.2 Å². The molecule has 0 fully saturated rings. The van der Waals surface area contributed by atoms with Crippen LogP contribution in [0.5, 0.6) is 0 Å². The van der Waals surface area contributed by atoms with Crippen LogP contribution in [0.15, 0.2) is 24.3 Å². The van der Waals surface area contributed by atoms with Crippen LogP contribution < -0.4 is 5.32 Å². The number of nitrogens with zero attached hydrogens (tertiary/aromatic N) is 2. The molecule has 5 heteroatoms. The van der Waals surface area contributed by atoms with E-state index in [0.29, 0.717) is 5.02 Å². The molecule has 1 unspecified atom stereocenters. The van der Waals surface area contributed by atoms with E-state index in [4.69, 9.17) is 23.2 Å². The van der Waals surface area contributed by atoms with Gasteiger partial charge in [0.15, 0.2) is 0 Å². The molecular weight excluding hydrogens is 305 g/mol. The molecule has 1 atom stereocenters. The summed E-state index contributed by atoms with van der Waals surface area (Å²) >= 11 is 12.3. The first-order valence-electron chi connectivity index (χ1n) is 6.99. The summed E-state index contributed by atoms with van der Waals surface area (Å²) in [6, 6.07) is 7.78. The number of aromatic nitrogens is 2. The predicted octanol–water partition coefficient (Wildman–Crippen LogP) is 4.16. The standard InChI is InChI=1S/C16H19Cl2N3/c1-4-15-13(7-10(2)20-21-15)16(19-3)9-11-8-12(17)5-6-14(11)18/h5-8,16,19H,4,9H2,1-3H3. The highest BCUT2D eigenvalue weighted by atomic mass is 35.5. The van der Waals surface area contributed by atoms with Crippen LogP contribution in [0.4, 0.5) is 0 Å². The monoisotopic (exact) mass is 323 g/mol. The maximum atomic E-state index is 6.28. The summed E-state index contributed by atoms with van der Waals surface area (Å²) < 4.78 is 0. The molecule has 1 aromatic heterocycles. The average Bonchev–Trinajstić information content (AvgIpc) is 2.48. The highest BCUT2D eigenvalue weighted by molar-refractivity contribution is 6.33. The molecule has 2 aromatic rings. The number of hydrogen-bond acceptors (Lipinski definition) is 3. The van der Waals surface area contributed by atoms with Crippen molar-refractivity contribution in [3.63, 3.8) is 0 Å². The molecule has 0 radical (unpaired) electrons. The fourth-order valence-electron chi connectivity index (χ4n) is 2.40. The van der Waals surface area contributed by atoms with Crippen LogP contribution in [-0.4, -0.2) is 17.2 Å². The Bertz CT molecular complexity index is 629. The zero-order chi connectivity index (χ0) is 15.4. The number of benzene rings is 1. The summed E-state index contributed by atoms with van der Waals surface area (Å²) in [7, 11) is 1.94. The molecule has 0 aliphatic heterocycles. The van der Waals surface area contributed by atoms with Gasteiger partial charge in [0.2, 0.25) is 0 Å². The van der Waals surface area contributed by atoms with Crippen molar-refractivity contribution in [3.05, 3.63) is 56.8 Å². The number of likely N-dealkylation sites (N-methyl/N-ethyl adjacent to an activating group) is 1. The molecule has 0 saturated heterocycles. The van der Waals surface area contributed by atoms with E-state index >= 15 is 0 Å². The smallest absolute Gasteiger partial charge is 0.0676 e. The molecule has 2 rings (SSSR count). The highest BCUT2D eigenvalue weighted by Crippen LogP contribution is 2.27. The molecule has 1 N–H and O–H groups in total. The van der Waals surface area contributed by atoms with Crippen molar-refractivity contribution in [3.8, 4) is 0 Å².